The van der Waals surface area contributed by atoms with Crippen molar-refractivity contribution in [2.24, 2.45) is 0 Å². The second-order valence-corrected chi connectivity index (χ2v) is 7.14. The van der Waals surface area contributed by atoms with E-state index >= 15 is 0 Å². The largest absolute Gasteiger partial charge is 0.436 e. The van der Waals surface area contributed by atoms with Crippen molar-refractivity contribution in [2.45, 2.75) is 13.8 Å². The number of fused-ring (bicyclic) bond motifs is 2. The Morgan fingerprint density at radius 3 is 2.71 bits per heavy atom. The van der Waals surface area contributed by atoms with Crippen LogP contribution in [0.3, 0.4) is 0 Å². The molecule has 0 N–H and O–H groups in total. The highest BCUT2D eigenvalue weighted by atomic mass is 16.5. The Morgan fingerprint density at radius 2 is 1.96 bits per heavy atom. The number of aryl methyl sites for hydroxylation is 1. The summed E-state index contributed by atoms with van der Waals surface area (Å²) in [5.41, 5.74) is 1.95. The Hall–Kier alpha value is -2.93. The van der Waals surface area contributed by atoms with Gasteiger partial charge in [-0.2, -0.15) is 0 Å². The lowest BCUT2D eigenvalue weighted by molar-refractivity contribution is -0.131. The first-order valence-corrected chi connectivity index (χ1v) is 9.62. The molecule has 2 aliphatic rings. The Morgan fingerprint density at radius 1 is 1.18 bits per heavy atom. The van der Waals surface area contributed by atoms with Gasteiger partial charge in [0, 0.05) is 32.4 Å². The Bertz CT molecular complexity index is 906. The van der Waals surface area contributed by atoms with Crippen molar-refractivity contribution >= 4 is 17.5 Å². The van der Waals surface area contributed by atoms with Gasteiger partial charge in [0.2, 0.25) is 11.8 Å². The summed E-state index contributed by atoms with van der Waals surface area (Å²) in [4.78, 5) is 36.1. The highest BCUT2D eigenvalue weighted by Crippen LogP contribution is 2.38. The molecule has 7 nitrogen and oxygen atoms in total. The van der Waals surface area contributed by atoms with E-state index in [-0.39, 0.29) is 24.2 Å². The van der Waals surface area contributed by atoms with Gasteiger partial charge in [-0.15, -0.1) is 0 Å². The van der Waals surface area contributed by atoms with E-state index in [9.17, 15) is 9.59 Å². The van der Waals surface area contributed by atoms with Gasteiger partial charge < -0.3 is 14.5 Å². The maximum atomic E-state index is 13.3. The number of ether oxygens (including phenoxy) is 1. The molecule has 0 radical (unpaired) electrons. The molecule has 1 aromatic heterocycles. The Labute approximate surface area is 164 Å². The van der Waals surface area contributed by atoms with E-state index in [1.165, 1.54) is 4.90 Å². The van der Waals surface area contributed by atoms with Crippen LogP contribution in [-0.4, -0.2) is 65.9 Å². The number of benzene rings is 1. The van der Waals surface area contributed by atoms with Crippen LogP contribution in [0.5, 0.6) is 11.6 Å². The fraction of sp³-hybridized carbons (Fsp3) is 0.381. The molecule has 0 saturated carbocycles. The van der Waals surface area contributed by atoms with Crippen molar-refractivity contribution in [3.05, 3.63) is 47.7 Å². The third kappa shape index (κ3) is 3.45. The van der Waals surface area contributed by atoms with Gasteiger partial charge >= 0.3 is 0 Å². The number of hydrogen-bond donors (Lipinski definition) is 0. The van der Waals surface area contributed by atoms with Crippen LogP contribution in [-0.2, 0) is 4.79 Å². The average molecular weight is 380 g/mol. The summed E-state index contributed by atoms with van der Waals surface area (Å²) in [6.45, 7) is 8.14. The fourth-order valence-corrected chi connectivity index (χ4v) is 3.62. The molecule has 1 aromatic carbocycles. The van der Waals surface area contributed by atoms with Crippen LogP contribution >= 0.6 is 0 Å². The van der Waals surface area contributed by atoms with E-state index in [2.05, 4.69) is 16.8 Å². The zero-order valence-corrected chi connectivity index (χ0v) is 16.2. The maximum Gasteiger partial charge on any atom is 0.264 e. The number of likely N-dealkylation sites (N-methyl/N-ethyl adjacent to an activating group) is 1. The van der Waals surface area contributed by atoms with Gasteiger partial charge in [-0.3, -0.25) is 14.5 Å². The topological polar surface area (TPSA) is 66.0 Å². The van der Waals surface area contributed by atoms with Crippen LogP contribution in [0.2, 0.25) is 0 Å². The quantitative estimate of drug-likeness (QED) is 0.818. The molecular weight excluding hydrogens is 356 g/mol. The van der Waals surface area contributed by atoms with Crippen molar-refractivity contribution < 1.29 is 14.3 Å². The van der Waals surface area contributed by atoms with E-state index in [4.69, 9.17) is 4.74 Å². The van der Waals surface area contributed by atoms with Crippen LogP contribution in [0.4, 0.5) is 5.69 Å². The normalized spacial score (nSPS) is 16.9. The number of amides is 2. The molecule has 0 bridgehead atoms. The lowest BCUT2D eigenvalue weighted by atomic mass is 10.1. The lowest BCUT2D eigenvalue weighted by Gasteiger charge is -2.35. The van der Waals surface area contributed by atoms with Crippen molar-refractivity contribution in [1.29, 1.82) is 0 Å². The molecule has 2 aliphatic heterocycles. The van der Waals surface area contributed by atoms with Crippen molar-refractivity contribution in [3.63, 3.8) is 0 Å². The third-order valence-electron chi connectivity index (χ3n) is 5.32. The molecule has 2 aromatic rings. The van der Waals surface area contributed by atoms with Crippen LogP contribution in [0.15, 0.2) is 36.5 Å². The predicted octanol–water partition coefficient (Wildman–Crippen LogP) is 2.31. The molecule has 146 valence electrons. The van der Waals surface area contributed by atoms with Gasteiger partial charge in [0.25, 0.3) is 5.91 Å². The van der Waals surface area contributed by atoms with E-state index in [0.29, 0.717) is 30.1 Å². The summed E-state index contributed by atoms with van der Waals surface area (Å²) in [6, 6.07) is 8.99. The monoisotopic (exact) mass is 380 g/mol. The molecule has 1 saturated heterocycles. The smallest absolute Gasteiger partial charge is 0.264 e. The van der Waals surface area contributed by atoms with Gasteiger partial charge in [0.05, 0.1) is 5.69 Å². The van der Waals surface area contributed by atoms with Crippen molar-refractivity contribution in [1.82, 2.24) is 14.8 Å². The number of rotatable bonds is 3. The van der Waals surface area contributed by atoms with E-state index < -0.39 is 0 Å². The number of hydrogen-bond acceptors (Lipinski definition) is 5. The highest BCUT2D eigenvalue weighted by Gasteiger charge is 2.32. The number of carbonyl (C=O) groups excluding carboxylic acids is 2. The zero-order chi connectivity index (χ0) is 19.7. The standard InChI is InChI=1S/C21H24N4O3/c1-3-23-9-11-24(12-10-23)19(26)14-25-17-13-15(2)6-7-18(17)28-20-16(21(25)27)5-4-8-22-20/h4-8,13H,3,9-12,14H2,1-2H3. The molecule has 0 unspecified atom stereocenters. The Balaban J connectivity index is 1.64. The molecule has 3 heterocycles. The highest BCUT2D eigenvalue weighted by molar-refractivity contribution is 6.11. The minimum atomic E-state index is -0.270. The number of anilines is 1. The predicted molar refractivity (Wildman–Crippen MR) is 106 cm³/mol. The van der Waals surface area contributed by atoms with E-state index in [1.807, 2.05) is 30.0 Å². The molecule has 0 spiro atoms. The molecule has 1 fully saturated rings. The zero-order valence-electron chi connectivity index (χ0n) is 16.2. The number of pyridine rings is 1. The summed E-state index contributed by atoms with van der Waals surface area (Å²) in [7, 11) is 0. The van der Waals surface area contributed by atoms with Gasteiger partial charge in [-0.1, -0.05) is 13.0 Å². The third-order valence-corrected chi connectivity index (χ3v) is 5.32. The maximum absolute atomic E-state index is 13.3. The lowest BCUT2D eigenvalue weighted by Crippen LogP contribution is -2.51. The SMILES string of the molecule is CCN1CCN(C(=O)CN2C(=O)c3cccnc3Oc3ccc(C)cc32)CC1. The first kappa shape index (κ1) is 18.4. The minimum Gasteiger partial charge on any atom is -0.436 e. The van der Waals surface area contributed by atoms with Crippen LogP contribution in [0.1, 0.15) is 22.8 Å². The van der Waals surface area contributed by atoms with E-state index in [0.717, 1.165) is 25.2 Å². The fourth-order valence-electron chi connectivity index (χ4n) is 3.62. The molecule has 2 amide bonds. The summed E-state index contributed by atoms with van der Waals surface area (Å²) in [5.74, 6) is 0.473. The van der Waals surface area contributed by atoms with Crippen LogP contribution < -0.4 is 9.64 Å². The van der Waals surface area contributed by atoms with Crippen LogP contribution in [0, 0.1) is 6.92 Å². The first-order valence-electron chi connectivity index (χ1n) is 9.62. The molecule has 0 aliphatic carbocycles. The molecular formula is C21H24N4O3. The molecule has 0 atom stereocenters. The summed E-state index contributed by atoms with van der Waals surface area (Å²) in [6.07, 6.45) is 1.59. The number of piperazine rings is 1. The average Bonchev–Trinajstić information content (AvgIpc) is 2.83. The number of nitrogens with zero attached hydrogens (tertiary/aromatic N) is 4. The Kier molecular flexibility index (Phi) is 5.00. The second kappa shape index (κ2) is 7.59. The van der Waals surface area contributed by atoms with E-state index in [1.54, 1.807) is 18.3 Å². The second-order valence-electron chi connectivity index (χ2n) is 7.14. The van der Waals surface area contributed by atoms with Gasteiger partial charge in [0.1, 0.15) is 12.1 Å². The molecule has 4 rings (SSSR count). The van der Waals surface area contributed by atoms with Gasteiger partial charge in [0.15, 0.2) is 5.75 Å². The summed E-state index contributed by atoms with van der Waals surface area (Å²) in [5, 5.41) is 0. The minimum absolute atomic E-state index is 0.0148. The first-order chi connectivity index (χ1) is 13.6. The van der Waals surface area contributed by atoms with Gasteiger partial charge in [-0.05, 0) is 43.3 Å². The number of aromatic nitrogens is 1. The molecule has 7 heteroatoms. The van der Waals surface area contributed by atoms with Crippen molar-refractivity contribution in [3.8, 4) is 11.6 Å². The van der Waals surface area contributed by atoms with Crippen molar-refractivity contribution in [2.75, 3.05) is 44.2 Å². The van der Waals surface area contributed by atoms with Gasteiger partial charge in [-0.25, -0.2) is 4.98 Å². The molecule has 28 heavy (non-hydrogen) atoms. The summed E-state index contributed by atoms with van der Waals surface area (Å²) >= 11 is 0. The summed E-state index contributed by atoms with van der Waals surface area (Å²) < 4.78 is 5.91. The van der Waals surface area contributed by atoms with Crippen LogP contribution in [0.25, 0.3) is 0 Å². The number of carbonyl (C=O) groups is 2.